The van der Waals surface area contributed by atoms with Crippen LogP contribution in [-0.4, -0.2) is 71.7 Å². The number of hydrogen-bond acceptors (Lipinski definition) is 8. The van der Waals surface area contributed by atoms with Gasteiger partial charge in [0, 0.05) is 25.1 Å². The number of ether oxygens (including phenoxy) is 4. The Labute approximate surface area is 312 Å². The van der Waals surface area contributed by atoms with Gasteiger partial charge in [0.1, 0.15) is 24.1 Å². The monoisotopic (exact) mass is 743 g/mol. The largest absolute Gasteiger partial charge is 0.497 e. The number of nitrogens with zero attached hydrogens (tertiary/aromatic N) is 2. The van der Waals surface area contributed by atoms with Crippen molar-refractivity contribution in [1.82, 2.24) is 10.2 Å². The van der Waals surface area contributed by atoms with E-state index in [1.54, 1.807) is 37.4 Å². The molecule has 1 fully saturated rings. The van der Waals surface area contributed by atoms with Crippen LogP contribution in [0.5, 0.6) is 23.0 Å². The summed E-state index contributed by atoms with van der Waals surface area (Å²) in [5.41, 5.74) is 1.82. The summed E-state index contributed by atoms with van der Waals surface area (Å²) in [5.74, 6) is 0.861. The predicted molar refractivity (Wildman–Crippen MR) is 204 cm³/mol. The SMILES string of the molecule is CCOc1ccc(N(CC(=O)N(Cc2cccc(OC)c2)[C@H](Cc2ccccc2)C(=O)NC2CCCCC2)S(=O)(=O)c2ccc(OC)c(OC)c2)cc1. The van der Waals surface area contributed by atoms with Gasteiger partial charge in [-0.3, -0.25) is 13.9 Å². The molecule has 5 rings (SSSR count). The van der Waals surface area contributed by atoms with E-state index in [1.165, 1.54) is 37.3 Å². The third-order valence-corrected chi connectivity index (χ3v) is 11.1. The van der Waals surface area contributed by atoms with Crippen LogP contribution in [0.4, 0.5) is 5.69 Å². The molecule has 53 heavy (non-hydrogen) atoms. The van der Waals surface area contributed by atoms with Gasteiger partial charge in [-0.2, -0.15) is 0 Å². The molecule has 0 radical (unpaired) electrons. The number of hydrogen-bond donors (Lipinski definition) is 1. The van der Waals surface area contributed by atoms with Gasteiger partial charge in [0.25, 0.3) is 10.0 Å². The van der Waals surface area contributed by atoms with Crippen LogP contribution >= 0.6 is 0 Å². The van der Waals surface area contributed by atoms with Gasteiger partial charge in [-0.05, 0) is 79.4 Å². The van der Waals surface area contributed by atoms with E-state index < -0.39 is 28.5 Å². The summed E-state index contributed by atoms with van der Waals surface area (Å²) < 4.78 is 52.1. The van der Waals surface area contributed by atoms with E-state index in [0.717, 1.165) is 47.5 Å². The van der Waals surface area contributed by atoms with Crippen molar-refractivity contribution in [2.24, 2.45) is 0 Å². The lowest BCUT2D eigenvalue weighted by Crippen LogP contribution is -2.55. The van der Waals surface area contributed by atoms with Crippen LogP contribution < -0.4 is 28.6 Å². The van der Waals surface area contributed by atoms with Crippen molar-refractivity contribution in [2.45, 2.75) is 69.0 Å². The highest BCUT2D eigenvalue weighted by Crippen LogP contribution is 2.33. The Morgan fingerprint density at radius 1 is 0.774 bits per heavy atom. The summed E-state index contributed by atoms with van der Waals surface area (Å²) in [6.07, 6.45) is 5.11. The molecule has 282 valence electrons. The Balaban J connectivity index is 1.59. The maximum absolute atomic E-state index is 14.9. The van der Waals surface area contributed by atoms with Gasteiger partial charge >= 0.3 is 0 Å². The molecule has 1 saturated carbocycles. The molecule has 0 aliphatic heterocycles. The molecule has 1 atom stereocenters. The molecule has 0 saturated heterocycles. The molecular weight excluding hydrogens is 695 g/mol. The molecule has 0 unspecified atom stereocenters. The Morgan fingerprint density at radius 2 is 1.47 bits per heavy atom. The summed E-state index contributed by atoms with van der Waals surface area (Å²) in [4.78, 5) is 30.7. The molecule has 0 spiro atoms. The fourth-order valence-electron chi connectivity index (χ4n) is 6.57. The summed E-state index contributed by atoms with van der Waals surface area (Å²) in [6.45, 7) is 1.71. The van der Waals surface area contributed by atoms with Gasteiger partial charge in [-0.15, -0.1) is 0 Å². The maximum atomic E-state index is 14.9. The van der Waals surface area contributed by atoms with Crippen LogP contribution in [0, 0.1) is 0 Å². The number of amides is 2. The van der Waals surface area contributed by atoms with Crippen LogP contribution in [0.3, 0.4) is 0 Å². The lowest BCUT2D eigenvalue weighted by Gasteiger charge is -2.35. The number of benzene rings is 4. The number of rotatable bonds is 17. The number of nitrogens with one attached hydrogen (secondary N) is 1. The van der Waals surface area contributed by atoms with Crippen LogP contribution in [0.2, 0.25) is 0 Å². The Kier molecular flexibility index (Phi) is 13.6. The summed E-state index contributed by atoms with van der Waals surface area (Å²) in [7, 11) is 0.0563. The Morgan fingerprint density at radius 3 is 2.13 bits per heavy atom. The maximum Gasteiger partial charge on any atom is 0.264 e. The molecule has 12 heteroatoms. The van der Waals surface area contributed by atoms with Crippen molar-refractivity contribution < 1.29 is 37.0 Å². The van der Waals surface area contributed by atoms with Crippen LogP contribution in [0.15, 0.2) is 102 Å². The van der Waals surface area contributed by atoms with Gasteiger partial charge < -0.3 is 29.2 Å². The molecule has 1 aliphatic carbocycles. The van der Waals surface area contributed by atoms with Gasteiger partial charge in [0.2, 0.25) is 11.8 Å². The number of methoxy groups -OCH3 is 3. The zero-order valence-electron chi connectivity index (χ0n) is 30.8. The zero-order valence-corrected chi connectivity index (χ0v) is 31.6. The van der Waals surface area contributed by atoms with E-state index >= 15 is 0 Å². The van der Waals surface area contributed by atoms with Crippen molar-refractivity contribution in [3.63, 3.8) is 0 Å². The third kappa shape index (κ3) is 10.0. The topological polar surface area (TPSA) is 124 Å². The van der Waals surface area contributed by atoms with Crippen LogP contribution in [0.1, 0.15) is 50.2 Å². The standard InChI is InChI=1S/C41H49N3O8S/c1-5-52-34-21-19-33(20-22-34)44(53(47,48)36-23-24-38(50-3)39(27-36)51-4)29-40(45)43(28-31-15-12-18-35(25-31)49-2)37(26-30-13-8-6-9-14-30)41(46)42-32-16-10-7-11-17-32/h6,8-9,12-15,18-25,27,32,37H,5,7,10-11,16-17,26,28-29H2,1-4H3,(H,42,46)/t37-/m1/s1. The quantitative estimate of drug-likeness (QED) is 0.132. The molecule has 4 aromatic rings. The molecule has 4 aromatic carbocycles. The summed E-state index contributed by atoms with van der Waals surface area (Å²) in [6, 6.07) is 26.6. The van der Waals surface area contributed by atoms with Crippen LogP contribution in [0.25, 0.3) is 0 Å². The average molecular weight is 744 g/mol. The fourth-order valence-corrected chi connectivity index (χ4v) is 8.00. The minimum Gasteiger partial charge on any atom is -0.497 e. The molecule has 11 nitrogen and oxygen atoms in total. The number of carbonyl (C=O) groups excluding carboxylic acids is 2. The number of anilines is 1. The predicted octanol–water partition coefficient (Wildman–Crippen LogP) is 6.40. The highest BCUT2D eigenvalue weighted by molar-refractivity contribution is 7.92. The molecule has 1 aliphatic rings. The molecule has 0 bridgehead atoms. The Bertz CT molecular complexity index is 1920. The summed E-state index contributed by atoms with van der Waals surface area (Å²) in [5, 5.41) is 3.24. The lowest BCUT2D eigenvalue weighted by atomic mass is 9.94. The normalized spacial score (nSPS) is 13.7. The summed E-state index contributed by atoms with van der Waals surface area (Å²) >= 11 is 0. The van der Waals surface area contributed by atoms with Gasteiger partial charge in [-0.1, -0.05) is 61.7 Å². The van der Waals surface area contributed by atoms with Gasteiger partial charge in [0.05, 0.1) is 38.5 Å². The zero-order chi connectivity index (χ0) is 37.8. The van der Waals surface area contributed by atoms with Gasteiger partial charge in [0.15, 0.2) is 11.5 Å². The molecule has 1 N–H and O–H groups in total. The third-order valence-electron chi connectivity index (χ3n) is 9.37. The second-order valence-electron chi connectivity index (χ2n) is 12.9. The average Bonchev–Trinajstić information content (AvgIpc) is 3.19. The lowest BCUT2D eigenvalue weighted by molar-refractivity contribution is -0.140. The van der Waals surface area contributed by atoms with E-state index in [0.29, 0.717) is 23.9 Å². The van der Waals surface area contributed by atoms with Crippen molar-refractivity contribution in [2.75, 3.05) is 38.8 Å². The van der Waals surface area contributed by atoms with E-state index in [-0.39, 0.29) is 41.2 Å². The molecular formula is C41H49N3O8S. The van der Waals surface area contributed by atoms with Crippen molar-refractivity contribution in [1.29, 1.82) is 0 Å². The van der Waals surface area contributed by atoms with E-state index in [9.17, 15) is 18.0 Å². The first-order valence-corrected chi connectivity index (χ1v) is 19.3. The first kappa shape index (κ1) is 39.0. The first-order valence-electron chi connectivity index (χ1n) is 17.9. The highest BCUT2D eigenvalue weighted by Gasteiger charge is 2.36. The number of sulfonamides is 1. The number of carbonyl (C=O) groups is 2. The van der Waals surface area contributed by atoms with E-state index in [4.69, 9.17) is 18.9 Å². The molecule has 0 aromatic heterocycles. The van der Waals surface area contributed by atoms with Gasteiger partial charge in [-0.25, -0.2) is 8.42 Å². The van der Waals surface area contributed by atoms with Crippen LogP contribution in [-0.2, 0) is 32.6 Å². The van der Waals surface area contributed by atoms with Crippen molar-refractivity contribution in [3.8, 4) is 23.0 Å². The second kappa shape index (κ2) is 18.5. The molecule has 2 amide bonds. The smallest absolute Gasteiger partial charge is 0.264 e. The minimum absolute atomic E-state index is 0.00548. The Hall–Kier alpha value is -5.23. The fraction of sp³-hybridized carbons (Fsp3) is 0.366. The second-order valence-corrected chi connectivity index (χ2v) is 14.7. The van der Waals surface area contributed by atoms with Crippen molar-refractivity contribution in [3.05, 3.63) is 108 Å². The minimum atomic E-state index is -4.39. The van der Waals surface area contributed by atoms with Crippen molar-refractivity contribution >= 4 is 27.5 Å². The molecule has 0 heterocycles. The van der Waals surface area contributed by atoms with E-state index in [1.807, 2.05) is 55.5 Å². The first-order chi connectivity index (χ1) is 25.7. The van der Waals surface area contributed by atoms with E-state index in [2.05, 4.69) is 5.32 Å². The highest BCUT2D eigenvalue weighted by atomic mass is 32.2.